The van der Waals surface area contributed by atoms with Gasteiger partial charge < -0.3 is 5.11 Å². The minimum Gasteiger partial charge on any atom is -0.393 e. The molecule has 2 unspecified atom stereocenters. The van der Waals surface area contributed by atoms with Crippen molar-refractivity contribution in [2.24, 2.45) is 5.92 Å². The summed E-state index contributed by atoms with van der Waals surface area (Å²) in [6, 6.07) is 6.85. The van der Waals surface area contributed by atoms with E-state index in [-0.39, 0.29) is 22.6 Å². The van der Waals surface area contributed by atoms with Crippen molar-refractivity contribution in [1.82, 2.24) is 4.90 Å². The average molecular weight is 250 g/mol. The van der Waals surface area contributed by atoms with Gasteiger partial charge in [-0.2, -0.15) is 0 Å². The molecule has 0 spiro atoms. The molecule has 0 aromatic heterocycles. The van der Waals surface area contributed by atoms with E-state index >= 15 is 0 Å². The zero-order valence-corrected chi connectivity index (χ0v) is 10.5. The summed E-state index contributed by atoms with van der Waals surface area (Å²) in [5.74, 6) is 0.285. The van der Waals surface area contributed by atoms with Crippen molar-refractivity contribution in [3.05, 3.63) is 39.9 Å². The quantitative estimate of drug-likeness (QED) is 0.653. The molecular formula is C13H18N2O3. The van der Waals surface area contributed by atoms with Crippen LogP contribution in [-0.4, -0.2) is 34.1 Å². The number of benzene rings is 1. The number of nitrogens with zero attached hydrogens (tertiary/aromatic N) is 2. The summed E-state index contributed by atoms with van der Waals surface area (Å²) < 4.78 is 0. The lowest BCUT2D eigenvalue weighted by Gasteiger charge is -2.17. The van der Waals surface area contributed by atoms with E-state index < -0.39 is 0 Å². The van der Waals surface area contributed by atoms with E-state index in [1.165, 1.54) is 6.07 Å². The predicted molar refractivity (Wildman–Crippen MR) is 68.2 cm³/mol. The molecule has 1 aromatic rings. The molecular weight excluding hydrogens is 232 g/mol. The number of para-hydroxylation sites is 1. The minimum atomic E-state index is -0.336. The van der Waals surface area contributed by atoms with Crippen LogP contribution in [-0.2, 0) is 6.54 Å². The summed E-state index contributed by atoms with van der Waals surface area (Å²) in [5.41, 5.74) is 0.923. The molecule has 1 aliphatic heterocycles. The lowest BCUT2D eigenvalue weighted by atomic mass is 10.0. The molecule has 1 heterocycles. The molecule has 0 radical (unpaired) electrons. The maximum Gasteiger partial charge on any atom is 0.273 e. The van der Waals surface area contributed by atoms with E-state index in [9.17, 15) is 15.2 Å². The fourth-order valence-corrected chi connectivity index (χ4v) is 2.46. The van der Waals surface area contributed by atoms with E-state index in [2.05, 4.69) is 4.90 Å². The standard InChI is InChI=1S/C13H18N2O3/c1-10(16)11-6-7-14(8-11)9-12-4-2-3-5-13(12)15(17)18/h2-5,10-11,16H,6-9H2,1H3. The first kappa shape index (κ1) is 13.0. The summed E-state index contributed by atoms with van der Waals surface area (Å²) in [6.45, 7) is 4.09. The number of nitro benzene ring substituents is 1. The number of aliphatic hydroxyl groups excluding tert-OH is 1. The van der Waals surface area contributed by atoms with Gasteiger partial charge in [-0.15, -0.1) is 0 Å². The molecule has 5 heteroatoms. The van der Waals surface area contributed by atoms with Gasteiger partial charge >= 0.3 is 0 Å². The Morgan fingerprint density at radius 2 is 2.28 bits per heavy atom. The number of aliphatic hydroxyl groups is 1. The summed E-state index contributed by atoms with van der Waals surface area (Å²) in [6.07, 6.45) is 0.652. The first-order valence-corrected chi connectivity index (χ1v) is 6.20. The Bertz CT molecular complexity index is 434. The van der Waals surface area contributed by atoms with E-state index in [0.29, 0.717) is 6.54 Å². The third kappa shape index (κ3) is 2.86. The lowest BCUT2D eigenvalue weighted by molar-refractivity contribution is -0.385. The largest absolute Gasteiger partial charge is 0.393 e. The van der Waals surface area contributed by atoms with Gasteiger partial charge in [-0.1, -0.05) is 18.2 Å². The first-order chi connectivity index (χ1) is 8.58. The van der Waals surface area contributed by atoms with Gasteiger partial charge in [0.25, 0.3) is 5.69 Å². The zero-order chi connectivity index (χ0) is 13.1. The van der Waals surface area contributed by atoms with Crippen molar-refractivity contribution >= 4 is 5.69 Å². The van der Waals surface area contributed by atoms with Gasteiger partial charge in [0.05, 0.1) is 11.0 Å². The van der Waals surface area contributed by atoms with Gasteiger partial charge in [-0.25, -0.2) is 0 Å². The predicted octanol–water partition coefficient (Wildman–Crippen LogP) is 1.80. The fourth-order valence-electron chi connectivity index (χ4n) is 2.46. The van der Waals surface area contributed by atoms with Crippen LogP contribution in [0.2, 0.25) is 0 Å². The highest BCUT2D eigenvalue weighted by molar-refractivity contribution is 5.39. The molecule has 2 atom stereocenters. The zero-order valence-electron chi connectivity index (χ0n) is 10.5. The SMILES string of the molecule is CC(O)C1CCN(Cc2ccccc2[N+](=O)[O-])C1. The maximum atomic E-state index is 10.9. The molecule has 1 aromatic carbocycles. The van der Waals surface area contributed by atoms with Crippen LogP contribution in [0, 0.1) is 16.0 Å². The Hall–Kier alpha value is -1.46. The summed E-state index contributed by atoms with van der Waals surface area (Å²) >= 11 is 0. The summed E-state index contributed by atoms with van der Waals surface area (Å²) in [7, 11) is 0. The molecule has 0 amide bonds. The second-order valence-electron chi connectivity index (χ2n) is 4.91. The number of rotatable bonds is 4. The Balaban J connectivity index is 2.05. The summed E-state index contributed by atoms with van der Waals surface area (Å²) in [4.78, 5) is 12.7. The topological polar surface area (TPSA) is 66.6 Å². The normalized spacial score (nSPS) is 22.0. The Kier molecular flexibility index (Phi) is 3.93. The number of nitro groups is 1. The van der Waals surface area contributed by atoms with Gasteiger partial charge in [0.15, 0.2) is 0 Å². The number of hydrogen-bond acceptors (Lipinski definition) is 4. The van der Waals surface area contributed by atoms with Crippen LogP contribution < -0.4 is 0 Å². The molecule has 18 heavy (non-hydrogen) atoms. The molecule has 1 N–H and O–H groups in total. The van der Waals surface area contributed by atoms with Crippen LogP contribution in [0.3, 0.4) is 0 Å². The Morgan fingerprint density at radius 3 is 2.89 bits per heavy atom. The molecule has 0 aliphatic carbocycles. The van der Waals surface area contributed by atoms with Crippen LogP contribution in [0.5, 0.6) is 0 Å². The molecule has 1 saturated heterocycles. The van der Waals surface area contributed by atoms with Crippen molar-refractivity contribution < 1.29 is 10.0 Å². The Labute approximate surface area is 106 Å². The second kappa shape index (κ2) is 5.46. The molecule has 1 fully saturated rings. The van der Waals surface area contributed by atoms with Crippen molar-refractivity contribution in [2.75, 3.05) is 13.1 Å². The molecule has 0 bridgehead atoms. The number of likely N-dealkylation sites (tertiary alicyclic amines) is 1. The van der Waals surface area contributed by atoms with Crippen LogP contribution in [0.15, 0.2) is 24.3 Å². The van der Waals surface area contributed by atoms with Crippen molar-refractivity contribution in [3.63, 3.8) is 0 Å². The maximum absolute atomic E-state index is 10.9. The number of hydrogen-bond donors (Lipinski definition) is 1. The van der Waals surface area contributed by atoms with Crippen molar-refractivity contribution in [1.29, 1.82) is 0 Å². The van der Waals surface area contributed by atoms with Gasteiger partial charge in [0, 0.05) is 24.7 Å². The second-order valence-corrected chi connectivity index (χ2v) is 4.91. The minimum absolute atomic E-state index is 0.179. The van der Waals surface area contributed by atoms with E-state index in [0.717, 1.165) is 25.1 Å². The van der Waals surface area contributed by atoms with Gasteiger partial charge in [-0.3, -0.25) is 15.0 Å². The van der Waals surface area contributed by atoms with Crippen LogP contribution in [0.1, 0.15) is 18.9 Å². The van der Waals surface area contributed by atoms with Crippen LogP contribution in [0.25, 0.3) is 0 Å². The smallest absolute Gasteiger partial charge is 0.273 e. The Morgan fingerprint density at radius 1 is 1.56 bits per heavy atom. The van der Waals surface area contributed by atoms with E-state index in [4.69, 9.17) is 0 Å². The summed E-state index contributed by atoms with van der Waals surface area (Å²) in [5, 5.41) is 20.5. The highest BCUT2D eigenvalue weighted by Gasteiger charge is 2.27. The molecule has 2 rings (SSSR count). The third-order valence-corrected chi connectivity index (χ3v) is 3.57. The van der Waals surface area contributed by atoms with E-state index in [1.807, 2.05) is 6.07 Å². The highest BCUT2D eigenvalue weighted by atomic mass is 16.6. The van der Waals surface area contributed by atoms with E-state index in [1.54, 1.807) is 19.1 Å². The van der Waals surface area contributed by atoms with Gasteiger partial charge in [0.2, 0.25) is 0 Å². The molecule has 0 saturated carbocycles. The van der Waals surface area contributed by atoms with Gasteiger partial charge in [0.1, 0.15) is 0 Å². The fraction of sp³-hybridized carbons (Fsp3) is 0.538. The first-order valence-electron chi connectivity index (χ1n) is 6.20. The highest BCUT2D eigenvalue weighted by Crippen LogP contribution is 2.25. The van der Waals surface area contributed by atoms with Crippen molar-refractivity contribution in [3.8, 4) is 0 Å². The molecule has 5 nitrogen and oxygen atoms in total. The molecule has 98 valence electrons. The van der Waals surface area contributed by atoms with Crippen LogP contribution in [0.4, 0.5) is 5.69 Å². The molecule has 1 aliphatic rings. The average Bonchev–Trinajstić information content (AvgIpc) is 2.78. The third-order valence-electron chi connectivity index (χ3n) is 3.57. The van der Waals surface area contributed by atoms with Gasteiger partial charge in [-0.05, 0) is 25.8 Å². The lowest BCUT2D eigenvalue weighted by Crippen LogP contribution is -2.24. The van der Waals surface area contributed by atoms with Crippen LogP contribution >= 0.6 is 0 Å². The van der Waals surface area contributed by atoms with Crippen molar-refractivity contribution in [2.45, 2.75) is 26.0 Å². The monoisotopic (exact) mass is 250 g/mol.